The second-order valence-corrected chi connectivity index (χ2v) is 7.04. The SMILES string of the molecule is CS(=O)(=O)c1cccnc1N1CCC(CCCl)C1. The van der Waals surface area contributed by atoms with E-state index < -0.39 is 9.84 Å². The van der Waals surface area contributed by atoms with E-state index in [1.54, 1.807) is 18.3 Å². The highest BCUT2D eigenvalue weighted by Gasteiger charge is 2.26. The molecule has 0 spiro atoms. The Hall–Kier alpha value is -0.810. The van der Waals surface area contributed by atoms with E-state index in [9.17, 15) is 8.42 Å². The van der Waals surface area contributed by atoms with Crippen LogP contribution in [0.3, 0.4) is 0 Å². The quantitative estimate of drug-likeness (QED) is 0.795. The van der Waals surface area contributed by atoms with Gasteiger partial charge in [0.2, 0.25) is 0 Å². The minimum atomic E-state index is -3.23. The maximum atomic E-state index is 11.7. The molecule has 0 radical (unpaired) electrons. The average molecular weight is 289 g/mol. The lowest BCUT2D eigenvalue weighted by atomic mass is 10.1. The van der Waals surface area contributed by atoms with Crippen molar-refractivity contribution in [1.29, 1.82) is 0 Å². The van der Waals surface area contributed by atoms with Gasteiger partial charge in [-0.3, -0.25) is 0 Å². The monoisotopic (exact) mass is 288 g/mol. The van der Waals surface area contributed by atoms with Crippen molar-refractivity contribution in [2.24, 2.45) is 5.92 Å². The molecule has 100 valence electrons. The van der Waals surface area contributed by atoms with Crippen LogP contribution in [0.15, 0.2) is 23.2 Å². The highest BCUT2D eigenvalue weighted by Crippen LogP contribution is 2.29. The third kappa shape index (κ3) is 2.95. The summed E-state index contributed by atoms with van der Waals surface area (Å²) in [6.45, 7) is 1.69. The summed E-state index contributed by atoms with van der Waals surface area (Å²) in [5.41, 5.74) is 0. The smallest absolute Gasteiger partial charge is 0.179 e. The zero-order chi connectivity index (χ0) is 13.2. The van der Waals surface area contributed by atoms with Crippen molar-refractivity contribution in [3.63, 3.8) is 0 Å². The van der Waals surface area contributed by atoms with Crippen LogP contribution in [0.25, 0.3) is 0 Å². The van der Waals surface area contributed by atoms with E-state index in [0.29, 0.717) is 22.5 Å². The Morgan fingerprint density at radius 1 is 1.56 bits per heavy atom. The third-order valence-electron chi connectivity index (χ3n) is 3.25. The van der Waals surface area contributed by atoms with E-state index in [1.165, 1.54) is 6.26 Å². The fraction of sp³-hybridized carbons (Fsp3) is 0.583. The van der Waals surface area contributed by atoms with Crippen molar-refractivity contribution in [3.05, 3.63) is 18.3 Å². The van der Waals surface area contributed by atoms with Gasteiger partial charge in [-0.25, -0.2) is 13.4 Å². The van der Waals surface area contributed by atoms with Crippen LogP contribution in [0.1, 0.15) is 12.8 Å². The maximum absolute atomic E-state index is 11.7. The molecule has 0 aromatic carbocycles. The second kappa shape index (κ2) is 5.45. The molecule has 2 rings (SSSR count). The molecule has 1 saturated heterocycles. The summed E-state index contributed by atoms with van der Waals surface area (Å²) in [6, 6.07) is 3.28. The Morgan fingerprint density at radius 3 is 3.00 bits per heavy atom. The number of aromatic nitrogens is 1. The van der Waals surface area contributed by atoms with Crippen LogP contribution in [0.2, 0.25) is 0 Å². The van der Waals surface area contributed by atoms with Gasteiger partial charge in [0, 0.05) is 31.4 Å². The molecule has 1 aromatic rings. The molecule has 0 saturated carbocycles. The highest BCUT2D eigenvalue weighted by molar-refractivity contribution is 7.90. The van der Waals surface area contributed by atoms with Crippen molar-refractivity contribution < 1.29 is 8.42 Å². The second-order valence-electron chi connectivity index (χ2n) is 4.68. The predicted molar refractivity (Wildman–Crippen MR) is 73.0 cm³/mol. The standard InChI is InChI=1S/C12H17ClN2O2S/c1-18(16,17)11-3-2-7-14-12(11)15-8-5-10(9-15)4-6-13/h2-3,7,10H,4-6,8-9H2,1H3. The molecule has 4 nitrogen and oxygen atoms in total. The topological polar surface area (TPSA) is 50.3 Å². The maximum Gasteiger partial charge on any atom is 0.179 e. The molecule has 1 aliphatic heterocycles. The van der Waals surface area contributed by atoms with E-state index in [-0.39, 0.29) is 0 Å². The van der Waals surface area contributed by atoms with Gasteiger partial charge >= 0.3 is 0 Å². The van der Waals surface area contributed by atoms with Gasteiger partial charge in [0.25, 0.3) is 0 Å². The van der Waals surface area contributed by atoms with Gasteiger partial charge in [0.15, 0.2) is 9.84 Å². The molecule has 1 aromatic heterocycles. The largest absolute Gasteiger partial charge is 0.355 e. The first-order valence-corrected chi connectivity index (χ1v) is 8.41. The molecule has 6 heteroatoms. The Morgan fingerprint density at radius 2 is 2.33 bits per heavy atom. The molecule has 1 unspecified atom stereocenters. The van der Waals surface area contributed by atoms with Gasteiger partial charge in [-0.2, -0.15) is 0 Å². The van der Waals surface area contributed by atoms with E-state index in [1.807, 2.05) is 4.90 Å². The molecular weight excluding hydrogens is 272 g/mol. The molecule has 2 heterocycles. The van der Waals surface area contributed by atoms with E-state index in [2.05, 4.69) is 4.98 Å². The van der Waals surface area contributed by atoms with Crippen molar-refractivity contribution in [2.45, 2.75) is 17.7 Å². The zero-order valence-electron chi connectivity index (χ0n) is 10.3. The fourth-order valence-electron chi connectivity index (χ4n) is 2.32. The first-order valence-electron chi connectivity index (χ1n) is 5.98. The molecule has 0 bridgehead atoms. The molecular formula is C12H17ClN2O2S. The number of anilines is 1. The summed E-state index contributed by atoms with van der Waals surface area (Å²) in [6.07, 6.45) is 4.88. The van der Waals surface area contributed by atoms with Crippen LogP contribution in [0.4, 0.5) is 5.82 Å². The number of rotatable bonds is 4. The zero-order valence-corrected chi connectivity index (χ0v) is 11.9. The summed E-state index contributed by atoms with van der Waals surface area (Å²) >= 11 is 5.75. The Bertz CT molecular complexity index is 519. The molecule has 18 heavy (non-hydrogen) atoms. The predicted octanol–water partition coefficient (Wildman–Crippen LogP) is 1.94. The normalized spacial score (nSPS) is 20.3. The Kier molecular flexibility index (Phi) is 4.12. The molecule has 0 aliphatic carbocycles. The van der Waals surface area contributed by atoms with Gasteiger partial charge < -0.3 is 4.90 Å². The van der Waals surface area contributed by atoms with Crippen molar-refractivity contribution in [3.8, 4) is 0 Å². The Labute approximate surface area is 113 Å². The lowest BCUT2D eigenvalue weighted by molar-refractivity contribution is 0.571. The van der Waals surface area contributed by atoms with Crippen LogP contribution >= 0.6 is 11.6 Å². The first kappa shape index (κ1) is 13.6. The van der Waals surface area contributed by atoms with Crippen LogP contribution in [0, 0.1) is 5.92 Å². The summed E-state index contributed by atoms with van der Waals surface area (Å²) < 4.78 is 23.5. The van der Waals surface area contributed by atoms with Crippen molar-refractivity contribution in [1.82, 2.24) is 4.98 Å². The van der Waals surface area contributed by atoms with Crippen LogP contribution in [-0.2, 0) is 9.84 Å². The number of hydrogen-bond donors (Lipinski definition) is 0. The minimum absolute atomic E-state index is 0.316. The van der Waals surface area contributed by atoms with Gasteiger partial charge in [0.05, 0.1) is 0 Å². The minimum Gasteiger partial charge on any atom is -0.355 e. The molecule has 1 aliphatic rings. The number of nitrogens with zero attached hydrogens (tertiary/aromatic N) is 2. The highest BCUT2D eigenvalue weighted by atomic mass is 35.5. The van der Waals surface area contributed by atoms with Gasteiger partial charge in [-0.05, 0) is 30.9 Å². The number of alkyl halides is 1. The van der Waals surface area contributed by atoms with Gasteiger partial charge in [-0.15, -0.1) is 11.6 Å². The molecule has 1 fully saturated rings. The fourth-order valence-corrected chi connectivity index (χ4v) is 3.47. The van der Waals surface area contributed by atoms with E-state index in [4.69, 9.17) is 11.6 Å². The number of halogens is 1. The lowest BCUT2D eigenvalue weighted by Crippen LogP contribution is -2.23. The summed E-state index contributed by atoms with van der Waals surface area (Å²) in [7, 11) is -3.23. The Balaban J connectivity index is 2.25. The average Bonchev–Trinajstić information content (AvgIpc) is 2.77. The summed E-state index contributed by atoms with van der Waals surface area (Å²) in [5, 5.41) is 0. The van der Waals surface area contributed by atoms with Crippen LogP contribution in [-0.4, -0.2) is 38.6 Å². The van der Waals surface area contributed by atoms with E-state index >= 15 is 0 Å². The molecule has 0 N–H and O–H groups in total. The number of hydrogen-bond acceptors (Lipinski definition) is 4. The number of pyridine rings is 1. The van der Waals surface area contributed by atoms with Crippen LogP contribution in [0.5, 0.6) is 0 Å². The van der Waals surface area contributed by atoms with Gasteiger partial charge in [0.1, 0.15) is 10.7 Å². The van der Waals surface area contributed by atoms with Crippen molar-refractivity contribution >= 4 is 27.3 Å². The third-order valence-corrected chi connectivity index (χ3v) is 4.59. The first-order chi connectivity index (χ1) is 8.52. The number of sulfone groups is 1. The van der Waals surface area contributed by atoms with Gasteiger partial charge in [-0.1, -0.05) is 0 Å². The summed E-state index contributed by atoms with van der Waals surface area (Å²) in [5.74, 6) is 1.77. The molecule has 1 atom stereocenters. The lowest BCUT2D eigenvalue weighted by Gasteiger charge is -2.19. The van der Waals surface area contributed by atoms with Crippen LogP contribution < -0.4 is 4.90 Å². The van der Waals surface area contributed by atoms with E-state index in [0.717, 1.165) is 25.9 Å². The van der Waals surface area contributed by atoms with Crippen molar-refractivity contribution in [2.75, 3.05) is 30.1 Å². The molecule has 0 amide bonds. The summed E-state index contributed by atoms with van der Waals surface area (Å²) in [4.78, 5) is 6.60.